The molecular weight excluding hydrogens is 480 g/mol. The molecule has 1 aliphatic rings. The van der Waals surface area contributed by atoms with Crippen LogP contribution in [0.2, 0.25) is 0 Å². The van der Waals surface area contributed by atoms with Gasteiger partial charge < -0.3 is 19.9 Å². The van der Waals surface area contributed by atoms with Gasteiger partial charge in [-0.05, 0) is 53.7 Å². The molecule has 1 aromatic rings. The Kier molecular flexibility index (Phi) is 8.91. The molecule has 2 atom stereocenters. The van der Waals surface area contributed by atoms with Crippen LogP contribution in [0.3, 0.4) is 0 Å². The molecule has 0 radical (unpaired) electrons. The minimum absolute atomic E-state index is 0.00479. The standard InChI is InChI=1S/C23H32N2O7S2/c1-7-8-13-31-17-11-9-10-12-18(17)34(29,30)25-15-16(14-24-21(28)32-22(2,3)4)33-23(5,6)19(25)20(26)27/h9-12,16,19H,13-15H2,1-6H3,(H,24,28)(H,26,27)/t16-,19-/m0/s1. The van der Waals surface area contributed by atoms with E-state index in [1.54, 1.807) is 53.7 Å². The number of carboxylic acid groups (broad SMARTS) is 1. The molecule has 0 saturated carbocycles. The Hall–Kier alpha value is -2.42. The molecule has 11 heteroatoms. The number of nitrogens with zero attached hydrogens (tertiary/aromatic N) is 1. The first-order chi connectivity index (χ1) is 15.7. The lowest BCUT2D eigenvalue weighted by molar-refractivity contribution is -0.142. The zero-order valence-electron chi connectivity index (χ0n) is 20.2. The number of ether oxygens (including phenoxy) is 2. The summed E-state index contributed by atoms with van der Waals surface area (Å²) in [5, 5.41) is 12.2. The average molecular weight is 513 g/mol. The maximum absolute atomic E-state index is 13.7. The topological polar surface area (TPSA) is 122 Å². The number of para-hydroxylation sites is 1. The zero-order valence-corrected chi connectivity index (χ0v) is 21.9. The van der Waals surface area contributed by atoms with Crippen molar-refractivity contribution in [2.24, 2.45) is 0 Å². The molecule has 188 valence electrons. The van der Waals surface area contributed by atoms with Gasteiger partial charge in [0.1, 0.15) is 28.9 Å². The van der Waals surface area contributed by atoms with E-state index in [1.807, 2.05) is 0 Å². The molecule has 1 aromatic carbocycles. The third-order valence-corrected chi connectivity index (χ3v) is 8.17. The molecule has 1 aliphatic heterocycles. The summed E-state index contributed by atoms with van der Waals surface area (Å²) >= 11 is 1.31. The van der Waals surface area contributed by atoms with E-state index in [0.29, 0.717) is 0 Å². The highest BCUT2D eigenvalue weighted by Gasteiger charge is 2.51. The smallest absolute Gasteiger partial charge is 0.407 e. The lowest BCUT2D eigenvalue weighted by atomic mass is 10.0. The molecule has 0 unspecified atom stereocenters. The van der Waals surface area contributed by atoms with Crippen molar-refractivity contribution in [2.45, 2.75) is 68.1 Å². The van der Waals surface area contributed by atoms with E-state index in [0.717, 1.165) is 4.31 Å². The largest absolute Gasteiger partial charge is 0.480 e. The Morgan fingerprint density at radius 3 is 2.53 bits per heavy atom. The minimum atomic E-state index is -4.27. The number of aliphatic carboxylic acids is 1. The van der Waals surface area contributed by atoms with Crippen molar-refractivity contribution in [1.82, 2.24) is 9.62 Å². The molecule has 0 bridgehead atoms. The first kappa shape index (κ1) is 27.8. The highest BCUT2D eigenvalue weighted by molar-refractivity contribution is 8.01. The van der Waals surface area contributed by atoms with Crippen molar-refractivity contribution in [3.05, 3.63) is 24.3 Å². The van der Waals surface area contributed by atoms with Crippen LogP contribution in [0.15, 0.2) is 29.2 Å². The van der Waals surface area contributed by atoms with Crippen LogP contribution < -0.4 is 10.1 Å². The Morgan fingerprint density at radius 1 is 1.29 bits per heavy atom. The Bertz CT molecular complexity index is 1070. The number of nitrogens with one attached hydrogen (secondary N) is 1. The number of alkyl carbamates (subject to hydrolysis) is 1. The van der Waals surface area contributed by atoms with Crippen LogP contribution in [-0.2, 0) is 19.6 Å². The van der Waals surface area contributed by atoms with Crippen molar-refractivity contribution in [2.75, 3.05) is 19.7 Å². The molecule has 2 N–H and O–H groups in total. The predicted octanol–water partition coefficient (Wildman–Crippen LogP) is 2.95. The Morgan fingerprint density at radius 2 is 1.94 bits per heavy atom. The maximum Gasteiger partial charge on any atom is 0.407 e. The summed E-state index contributed by atoms with van der Waals surface area (Å²) in [5.41, 5.74) is -0.682. The molecule has 1 fully saturated rings. The van der Waals surface area contributed by atoms with Crippen LogP contribution in [0.1, 0.15) is 41.5 Å². The third-order valence-electron chi connectivity index (χ3n) is 4.82. The number of carbonyl (C=O) groups excluding carboxylic acids is 1. The van der Waals surface area contributed by atoms with Crippen molar-refractivity contribution in [3.8, 4) is 17.6 Å². The number of carboxylic acids is 1. The fourth-order valence-electron chi connectivity index (χ4n) is 3.55. The lowest BCUT2D eigenvalue weighted by Gasteiger charge is -2.46. The van der Waals surface area contributed by atoms with Gasteiger partial charge in [0.25, 0.3) is 0 Å². The molecule has 1 saturated heterocycles. The number of rotatable bonds is 7. The first-order valence-electron chi connectivity index (χ1n) is 10.7. The van der Waals surface area contributed by atoms with Crippen LogP contribution >= 0.6 is 11.8 Å². The highest BCUT2D eigenvalue weighted by atomic mass is 32.2. The van der Waals surface area contributed by atoms with E-state index in [-0.39, 0.29) is 30.3 Å². The molecule has 34 heavy (non-hydrogen) atoms. The van der Waals surface area contributed by atoms with Gasteiger partial charge in [0.05, 0.1) is 0 Å². The number of sulfonamides is 1. The van der Waals surface area contributed by atoms with Crippen molar-refractivity contribution in [1.29, 1.82) is 0 Å². The van der Waals surface area contributed by atoms with Gasteiger partial charge in [-0.25, -0.2) is 13.2 Å². The Balaban J connectivity index is 2.38. The van der Waals surface area contributed by atoms with Crippen LogP contribution in [0.4, 0.5) is 4.79 Å². The average Bonchev–Trinajstić information content (AvgIpc) is 2.70. The molecule has 1 amide bonds. The van der Waals surface area contributed by atoms with Gasteiger partial charge in [-0.1, -0.05) is 18.1 Å². The second-order valence-electron chi connectivity index (χ2n) is 9.20. The van der Waals surface area contributed by atoms with Crippen LogP contribution in [0.25, 0.3) is 0 Å². The lowest BCUT2D eigenvalue weighted by Crippen LogP contribution is -2.61. The fraction of sp³-hybridized carbons (Fsp3) is 0.565. The van der Waals surface area contributed by atoms with Gasteiger partial charge in [-0.3, -0.25) is 4.79 Å². The van der Waals surface area contributed by atoms with Gasteiger partial charge in [0.15, 0.2) is 0 Å². The zero-order chi connectivity index (χ0) is 25.7. The monoisotopic (exact) mass is 512 g/mol. The summed E-state index contributed by atoms with van der Waals surface area (Å²) in [6, 6.07) is 4.74. The highest BCUT2D eigenvalue weighted by Crippen LogP contribution is 2.42. The van der Waals surface area contributed by atoms with Gasteiger partial charge in [0, 0.05) is 23.1 Å². The predicted molar refractivity (Wildman–Crippen MR) is 130 cm³/mol. The number of hydrogen-bond acceptors (Lipinski definition) is 7. The summed E-state index contributed by atoms with van der Waals surface area (Å²) in [6.07, 6.45) is -0.628. The third kappa shape index (κ3) is 7.04. The molecule has 0 aromatic heterocycles. The molecule has 2 rings (SSSR count). The molecule has 0 spiro atoms. The van der Waals surface area contributed by atoms with Crippen molar-refractivity contribution >= 4 is 33.8 Å². The van der Waals surface area contributed by atoms with Gasteiger partial charge >= 0.3 is 12.1 Å². The second-order valence-corrected chi connectivity index (χ2v) is 13.0. The summed E-state index contributed by atoms with van der Waals surface area (Å²) in [4.78, 5) is 24.2. The molecular formula is C23H32N2O7S2. The van der Waals surface area contributed by atoms with Gasteiger partial charge in [-0.2, -0.15) is 4.31 Å². The van der Waals surface area contributed by atoms with Crippen LogP contribution in [-0.4, -0.2) is 71.2 Å². The SMILES string of the molecule is CC#CCOc1ccccc1S(=O)(=O)N1C[C@H](CNC(=O)OC(C)(C)C)SC(C)(C)[C@@H]1C(=O)O. The number of carbonyl (C=O) groups is 2. The van der Waals surface area contributed by atoms with Gasteiger partial charge in [0.2, 0.25) is 10.0 Å². The normalized spacial score (nSPS) is 20.5. The van der Waals surface area contributed by atoms with E-state index in [4.69, 9.17) is 9.47 Å². The van der Waals surface area contributed by atoms with Crippen LogP contribution in [0, 0.1) is 11.8 Å². The quantitative estimate of drug-likeness (QED) is 0.535. The summed E-state index contributed by atoms with van der Waals surface area (Å²) in [6.45, 7) is 10.2. The van der Waals surface area contributed by atoms with E-state index in [1.165, 1.54) is 23.9 Å². The summed E-state index contributed by atoms with van der Waals surface area (Å²) < 4.78 is 38.3. The number of benzene rings is 1. The minimum Gasteiger partial charge on any atom is -0.480 e. The summed E-state index contributed by atoms with van der Waals surface area (Å²) in [5.74, 6) is 4.23. The van der Waals surface area contributed by atoms with Gasteiger partial charge in [-0.15, -0.1) is 17.7 Å². The van der Waals surface area contributed by atoms with E-state index in [9.17, 15) is 23.1 Å². The maximum atomic E-state index is 13.7. The van der Waals surface area contributed by atoms with E-state index in [2.05, 4.69) is 17.2 Å². The summed E-state index contributed by atoms with van der Waals surface area (Å²) in [7, 11) is -4.27. The van der Waals surface area contributed by atoms with Crippen LogP contribution in [0.5, 0.6) is 5.75 Å². The number of thioether (sulfide) groups is 1. The molecule has 0 aliphatic carbocycles. The second kappa shape index (κ2) is 10.9. The van der Waals surface area contributed by atoms with Crippen molar-refractivity contribution in [3.63, 3.8) is 0 Å². The van der Waals surface area contributed by atoms with E-state index >= 15 is 0 Å². The Labute approximate surface area is 205 Å². The molecule has 1 heterocycles. The number of hydrogen-bond donors (Lipinski definition) is 2. The number of amides is 1. The molecule has 9 nitrogen and oxygen atoms in total. The first-order valence-corrected chi connectivity index (χ1v) is 13.0. The van der Waals surface area contributed by atoms with Crippen molar-refractivity contribution < 1.29 is 32.6 Å². The fourth-order valence-corrected chi connectivity index (χ4v) is 7.22. The van der Waals surface area contributed by atoms with E-state index < -0.39 is 43.7 Å².